The van der Waals surface area contributed by atoms with Gasteiger partial charge >= 0.3 is 0 Å². The van der Waals surface area contributed by atoms with E-state index in [1.165, 1.54) is 0 Å². The summed E-state index contributed by atoms with van der Waals surface area (Å²) in [6, 6.07) is 14.7. The molecule has 0 bridgehead atoms. The van der Waals surface area contributed by atoms with Gasteiger partial charge in [-0.05, 0) is 24.6 Å². The molecule has 1 aromatic heterocycles. The van der Waals surface area contributed by atoms with Crippen LogP contribution in [0, 0.1) is 6.92 Å². The third kappa shape index (κ3) is 5.38. The van der Waals surface area contributed by atoms with Gasteiger partial charge in [0.1, 0.15) is 5.75 Å². The molecule has 0 aliphatic carbocycles. The Bertz CT molecular complexity index is 1020. The predicted octanol–water partition coefficient (Wildman–Crippen LogP) is 2.72. The Balaban J connectivity index is 1.57. The van der Waals surface area contributed by atoms with Gasteiger partial charge in [0.2, 0.25) is 21.7 Å². The Morgan fingerprint density at radius 3 is 2.74 bits per heavy atom. The quantitative estimate of drug-likeness (QED) is 0.639. The van der Waals surface area contributed by atoms with Crippen molar-refractivity contribution in [2.75, 3.05) is 13.7 Å². The number of aromatic nitrogens is 2. The second kappa shape index (κ2) is 8.32. The molecule has 142 valence electrons. The molecule has 1 N–H and O–H groups in total. The molecule has 0 fully saturated rings. The van der Waals surface area contributed by atoms with Crippen LogP contribution in [0.25, 0.3) is 11.4 Å². The molecule has 1 heterocycles. The first-order valence-electron chi connectivity index (χ1n) is 8.45. The van der Waals surface area contributed by atoms with E-state index in [1.807, 2.05) is 43.3 Å². The normalized spacial score (nSPS) is 11.5. The number of nitrogens with zero attached hydrogens (tertiary/aromatic N) is 2. The number of hydrogen-bond acceptors (Lipinski definition) is 6. The average molecular weight is 387 g/mol. The van der Waals surface area contributed by atoms with Crippen LogP contribution in [0.15, 0.2) is 53.1 Å². The zero-order valence-electron chi connectivity index (χ0n) is 15.2. The molecule has 0 amide bonds. The molecule has 0 atom stereocenters. The van der Waals surface area contributed by atoms with Gasteiger partial charge in [-0.1, -0.05) is 47.1 Å². The van der Waals surface area contributed by atoms with Crippen molar-refractivity contribution in [1.29, 1.82) is 0 Å². The number of ether oxygens (including phenoxy) is 1. The Kier molecular flexibility index (Phi) is 5.88. The molecule has 8 heteroatoms. The summed E-state index contributed by atoms with van der Waals surface area (Å²) >= 11 is 0. The zero-order valence-corrected chi connectivity index (χ0v) is 16.0. The van der Waals surface area contributed by atoms with Gasteiger partial charge in [-0.15, -0.1) is 0 Å². The molecule has 0 aliphatic heterocycles. The zero-order chi connectivity index (χ0) is 19.3. The molecule has 3 rings (SSSR count). The lowest BCUT2D eigenvalue weighted by molar-refractivity contribution is 0.379. The first-order chi connectivity index (χ1) is 12.9. The van der Waals surface area contributed by atoms with Crippen molar-refractivity contribution in [2.24, 2.45) is 0 Å². The van der Waals surface area contributed by atoms with Crippen LogP contribution in [-0.4, -0.2) is 32.2 Å². The maximum Gasteiger partial charge on any atom is 0.228 e. The van der Waals surface area contributed by atoms with Crippen molar-refractivity contribution in [3.8, 4) is 17.1 Å². The van der Waals surface area contributed by atoms with Gasteiger partial charge in [0.25, 0.3) is 0 Å². The lowest BCUT2D eigenvalue weighted by Gasteiger charge is -2.06. The van der Waals surface area contributed by atoms with Gasteiger partial charge in [0.05, 0.1) is 12.9 Å². The number of benzene rings is 2. The third-order valence-corrected chi connectivity index (χ3v) is 5.25. The minimum absolute atomic E-state index is 0.0619. The Morgan fingerprint density at radius 1 is 1.15 bits per heavy atom. The lowest BCUT2D eigenvalue weighted by atomic mass is 10.2. The number of nitrogens with one attached hydrogen (secondary N) is 1. The number of hydrogen-bond donors (Lipinski definition) is 1. The van der Waals surface area contributed by atoms with Gasteiger partial charge in [0.15, 0.2) is 0 Å². The minimum atomic E-state index is -3.43. The van der Waals surface area contributed by atoms with E-state index in [2.05, 4.69) is 14.9 Å². The van der Waals surface area contributed by atoms with Crippen LogP contribution in [0.5, 0.6) is 5.75 Å². The molecule has 0 aliphatic rings. The van der Waals surface area contributed by atoms with Crippen molar-refractivity contribution in [2.45, 2.75) is 19.1 Å². The summed E-state index contributed by atoms with van der Waals surface area (Å²) in [7, 11) is -1.85. The van der Waals surface area contributed by atoms with E-state index in [9.17, 15) is 8.42 Å². The molecule has 7 nitrogen and oxygen atoms in total. The van der Waals surface area contributed by atoms with Gasteiger partial charge < -0.3 is 9.26 Å². The topological polar surface area (TPSA) is 94.3 Å². The molecule has 2 aromatic carbocycles. The fourth-order valence-corrected chi connectivity index (χ4v) is 3.76. The van der Waals surface area contributed by atoms with E-state index < -0.39 is 10.0 Å². The van der Waals surface area contributed by atoms with Crippen molar-refractivity contribution in [3.05, 3.63) is 65.5 Å². The van der Waals surface area contributed by atoms with E-state index >= 15 is 0 Å². The first kappa shape index (κ1) is 19.1. The summed E-state index contributed by atoms with van der Waals surface area (Å²) in [4.78, 5) is 4.30. The average Bonchev–Trinajstić information content (AvgIpc) is 3.10. The highest BCUT2D eigenvalue weighted by molar-refractivity contribution is 7.88. The van der Waals surface area contributed by atoms with Crippen LogP contribution in [0.4, 0.5) is 0 Å². The SMILES string of the molecule is COc1cccc(-c2noc(CCNS(=O)(=O)Cc3cccc(C)c3)n2)c1. The fraction of sp³-hybridized carbons (Fsp3) is 0.263. The van der Waals surface area contributed by atoms with E-state index in [0.29, 0.717) is 23.9 Å². The Morgan fingerprint density at radius 2 is 1.96 bits per heavy atom. The molecule has 0 saturated carbocycles. The van der Waals surface area contributed by atoms with Gasteiger partial charge in [-0.2, -0.15) is 4.98 Å². The van der Waals surface area contributed by atoms with Crippen molar-refractivity contribution in [1.82, 2.24) is 14.9 Å². The van der Waals surface area contributed by atoms with E-state index in [-0.39, 0.29) is 12.3 Å². The Hall–Kier alpha value is -2.71. The van der Waals surface area contributed by atoms with Crippen LogP contribution in [0.2, 0.25) is 0 Å². The highest BCUT2D eigenvalue weighted by atomic mass is 32.2. The summed E-state index contributed by atoms with van der Waals surface area (Å²) in [5.74, 6) is 1.44. The van der Waals surface area contributed by atoms with Crippen LogP contribution in [0.1, 0.15) is 17.0 Å². The maximum atomic E-state index is 12.2. The molecule has 0 saturated heterocycles. The second-order valence-electron chi connectivity index (χ2n) is 6.14. The number of sulfonamides is 1. The largest absolute Gasteiger partial charge is 0.497 e. The Labute approximate surface area is 158 Å². The predicted molar refractivity (Wildman–Crippen MR) is 102 cm³/mol. The summed E-state index contributed by atoms with van der Waals surface area (Å²) in [6.45, 7) is 2.12. The standard InChI is InChI=1S/C19H21N3O4S/c1-14-5-3-6-15(11-14)13-27(23,24)20-10-9-18-21-19(22-26-18)16-7-4-8-17(12-16)25-2/h3-8,11-12,20H,9-10,13H2,1-2H3. The molecule has 0 unspecified atom stereocenters. The van der Waals surface area contributed by atoms with Crippen molar-refractivity contribution in [3.63, 3.8) is 0 Å². The van der Waals surface area contributed by atoms with E-state index in [1.54, 1.807) is 19.2 Å². The monoisotopic (exact) mass is 387 g/mol. The van der Waals surface area contributed by atoms with E-state index in [4.69, 9.17) is 9.26 Å². The smallest absolute Gasteiger partial charge is 0.228 e. The van der Waals surface area contributed by atoms with Crippen LogP contribution >= 0.6 is 0 Å². The number of methoxy groups -OCH3 is 1. The van der Waals surface area contributed by atoms with Gasteiger partial charge in [-0.25, -0.2) is 13.1 Å². The van der Waals surface area contributed by atoms with Crippen LogP contribution in [-0.2, 0) is 22.2 Å². The van der Waals surface area contributed by atoms with E-state index in [0.717, 1.165) is 16.7 Å². The fourth-order valence-electron chi connectivity index (χ4n) is 2.62. The highest BCUT2D eigenvalue weighted by Gasteiger charge is 2.13. The molecule has 0 spiro atoms. The molecular formula is C19H21N3O4S. The number of rotatable bonds is 8. The van der Waals surface area contributed by atoms with Gasteiger partial charge in [-0.3, -0.25) is 0 Å². The third-order valence-electron chi connectivity index (χ3n) is 3.90. The highest BCUT2D eigenvalue weighted by Crippen LogP contribution is 2.21. The summed E-state index contributed by atoms with van der Waals surface area (Å²) in [6.07, 6.45) is 0.310. The maximum absolute atomic E-state index is 12.2. The second-order valence-corrected chi connectivity index (χ2v) is 7.94. The van der Waals surface area contributed by atoms with Crippen molar-refractivity contribution < 1.29 is 17.7 Å². The lowest BCUT2D eigenvalue weighted by Crippen LogP contribution is -2.27. The van der Waals surface area contributed by atoms with Gasteiger partial charge in [0, 0.05) is 18.5 Å². The van der Waals surface area contributed by atoms with Crippen molar-refractivity contribution >= 4 is 10.0 Å². The minimum Gasteiger partial charge on any atom is -0.497 e. The molecule has 27 heavy (non-hydrogen) atoms. The molecule has 0 radical (unpaired) electrons. The number of aryl methyl sites for hydroxylation is 1. The summed E-state index contributed by atoms with van der Waals surface area (Å²) in [5.41, 5.74) is 2.55. The molecule has 3 aromatic rings. The van der Waals surface area contributed by atoms with Crippen LogP contribution < -0.4 is 9.46 Å². The molecular weight excluding hydrogens is 366 g/mol. The first-order valence-corrected chi connectivity index (χ1v) is 10.1. The summed E-state index contributed by atoms with van der Waals surface area (Å²) in [5, 5.41) is 3.94. The van der Waals surface area contributed by atoms with Crippen LogP contribution in [0.3, 0.4) is 0 Å². The summed E-state index contributed by atoms with van der Waals surface area (Å²) < 4.78 is 37.4.